The van der Waals surface area contributed by atoms with E-state index >= 15 is 0 Å². The van der Waals surface area contributed by atoms with Gasteiger partial charge < -0.3 is 4.74 Å². The number of carbonyl (C=O) groups is 1. The lowest BCUT2D eigenvalue weighted by molar-refractivity contribution is -0.147. The monoisotopic (exact) mass is 456 g/mol. The molecule has 0 aliphatic heterocycles. The van der Waals surface area contributed by atoms with Crippen LogP contribution in [0.1, 0.15) is 52.0 Å². The zero-order valence-electron chi connectivity index (χ0n) is 15.8. The number of rotatable bonds is 4. The van der Waals surface area contributed by atoms with Gasteiger partial charge in [-0.05, 0) is 48.8 Å². The summed E-state index contributed by atoms with van der Waals surface area (Å²) in [6, 6.07) is 2.13. The Morgan fingerprint density at radius 1 is 1.14 bits per heavy atom. The van der Waals surface area contributed by atoms with E-state index in [0.29, 0.717) is 18.8 Å². The molecule has 0 aromatic heterocycles. The van der Waals surface area contributed by atoms with E-state index in [1.807, 2.05) is 6.92 Å². The number of allylic oxidation sites excluding steroid dienone is 1. The molecule has 1 aliphatic rings. The van der Waals surface area contributed by atoms with E-state index in [1.54, 1.807) is 0 Å². The van der Waals surface area contributed by atoms with Crippen LogP contribution in [0.15, 0.2) is 17.7 Å². The van der Waals surface area contributed by atoms with Gasteiger partial charge in [-0.3, -0.25) is 0 Å². The van der Waals surface area contributed by atoms with Gasteiger partial charge in [-0.25, -0.2) is 4.79 Å². The maximum absolute atomic E-state index is 14.0. The van der Waals surface area contributed by atoms with Crippen LogP contribution in [0.5, 0.6) is 0 Å². The molecule has 0 radical (unpaired) electrons. The zero-order valence-corrected chi connectivity index (χ0v) is 18.1. The van der Waals surface area contributed by atoms with Crippen molar-refractivity contribution in [3.63, 3.8) is 0 Å². The summed E-state index contributed by atoms with van der Waals surface area (Å²) in [4.78, 5) is 12.8. The summed E-state index contributed by atoms with van der Waals surface area (Å²) in [7, 11) is 0. The third kappa shape index (κ3) is 5.58. The summed E-state index contributed by atoms with van der Waals surface area (Å²) < 4.78 is 47.5. The van der Waals surface area contributed by atoms with Crippen LogP contribution >= 0.6 is 34.8 Å². The van der Waals surface area contributed by atoms with Crippen molar-refractivity contribution in [1.29, 1.82) is 0 Å². The van der Waals surface area contributed by atoms with Gasteiger partial charge in [0.2, 0.25) is 0 Å². The van der Waals surface area contributed by atoms with Crippen molar-refractivity contribution in [3.8, 4) is 0 Å². The molecular formula is C20H22Cl3F3O2. The smallest absolute Gasteiger partial charge is 0.417 e. The average molecular weight is 458 g/mol. The molecule has 28 heavy (non-hydrogen) atoms. The molecular weight excluding hydrogens is 436 g/mol. The lowest BCUT2D eigenvalue weighted by Crippen LogP contribution is -2.28. The third-order valence-electron chi connectivity index (χ3n) is 4.78. The first kappa shape index (κ1) is 23.4. The first-order chi connectivity index (χ1) is 12.9. The third-order valence-corrected chi connectivity index (χ3v) is 5.98. The van der Waals surface area contributed by atoms with Crippen molar-refractivity contribution in [3.05, 3.63) is 38.3 Å². The molecule has 8 heteroatoms. The van der Waals surface area contributed by atoms with Crippen LogP contribution in [-0.2, 0) is 9.53 Å². The minimum absolute atomic E-state index is 0.0431. The molecule has 1 fully saturated rings. The average Bonchev–Trinajstić information content (AvgIpc) is 2.55. The number of ether oxygens (including phenoxy) is 1. The largest absolute Gasteiger partial charge is 0.459 e. The molecule has 0 saturated heterocycles. The summed E-state index contributed by atoms with van der Waals surface area (Å²) in [5, 5.41) is -0.287. The standard InChI is InChI=1S/C20H22Cl3F3O2/c1-10(2)16(19(27)28-13-6-4-5-11(3)7-13)17(20(24,25)26)12-8-14(21)18(23)15(22)9-12/h8-11,13H,4-7H2,1-3H3. The molecule has 0 amide bonds. The first-order valence-corrected chi connectivity index (χ1v) is 10.2. The van der Waals surface area contributed by atoms with Crippen molar-refractivity contribution in [2.45, 2.75) is 58.7 Å². The van der Waals surface area contributed by atoms with E-state index in [9.17, 15) is 18.0 Å². The highest BCUT2D eigenvalue weighted by Crippen LogP contribution is 2.43. The Hall–Kier alpha value is -0.910. The Labute approximate surface area is 178 Å². The molecule has 1 aliphatic carbocycles. The van der Waals surface area contributed by atoms with Crippen molar-refractivity contribution in [2.24, 2.45) is 11.8 Å². The second-order valence-corrected chi connectivity index (χ2v) is 8.69. The molecule has 0 N–H and O–H groups in total. The van der Waals surface area contributed by atoms with Gasteiger partial charge in [0.05, 0.1) is 26.2 Å². The molecule has 1 aromatic carbocycles. The topological polar surface area (TPSA) is 26.3 Å². The first-order valence-electron chi connectivity index (χ1n) is 9.09. The molecule has 0 spiro atoms. The number of benzene rings is 1. The molecule has 2 nitrogen and oxygen atoms in total. The molecule has 1 saturated carbocycles. The Morgan fingerprint density at radius 2 is 1.71 bits per heavy atom. The second kappa shape index (κ2) is 9.27. The second-order valence-electron chi connectivity index (χ2n) is 7.49. The van der Waals surface area contributed by atoms with Gasteiger partial charge in [-0.2, -0.15) is 13.2 Å². The van der Waals surface area contributed by atoms with Gasteiger partial charge in [-0.1, -0.05) is 62.0 Å². The predicted molar refractivity (Wildman–Crippen MR) is 107 cm³/mol. The van der Waals surface area contributed by atoms with E-state index in [-0.39, 0.29) is 26.7 Å². The van der Waals surface area contributed by atoms with Crippen LogP contribution in [0.3, 0.4) is 0 Å². The highest BCUT2D eigenvalue weighted by molar-refractivity contribution is 6.48. The summed E-state index contributed by atoms with van der Waals surface area (Å²) in [5.74, 6) is -1.31. The summed E-state index contributed by atoms with van der Waals surface area (Å²) in [5.41, 5.74) is -1.86. The van der Waals surface area contributed by atoms with Crippen molar-refractivity contribution >= 4 is 46.3 Å². The van der Waals surface area contributed by atoms with Crippen LogP contribution in [-0.4, -0.2) is 18.2 Å². The molecule has 1 aromatic rings. The van der Waals surface area contributed by atoms with E-state index in [1.165, 1.54) is 13.8 Å². The van der Waals surface area contributed by atoms with Gasteiger partial charge in [0.25, 0.3) is 0 Å². The molecule has 0 bridgehead atoms. The van der Waals surface area contributed by atoms with Crippen LogP contribution in [0, 0.1) is 11.8 Å². The summed E-state index contributed by atoms with van der Waals surface area (Å²) in [6.45, 7) is 5.08. The lowest BCUT2D eigenvalue weighted by Gasteiger charge is -2.28. The fourth-order valence-electron chi connectivity index (χ4n) is 3.50. The van der Waals surface area contributed by atoms with Gasteiger partial charge in [0.15, 0.2) is 0 Å². The van der Waals surface area contributed by atoms with Gasteiger partial charge in [0, 0.05) is 0 Å². The Bertz CT molecular complexity index is 749. The number of halogens is 6. The van der Waals surface area contributed by atoms with E-state index in [0.717, 1.165) is 25.0 Å². The predicted octanol–water partition coefficient (Wildman–Crippen LogP) is 7.74. The summed E-state index contributed by atoms with van der Waals surface area (Å²) in [6.07, 6.45) is -1.97. The quantitative estimate of drug-likeness (QED) is 0.262. The lowest BCUT2D eigenvalue weighted by atomic mass is 9.88. The number of carbonyl (C=O) groups excluding carboxylic acids is 1. The number of esters is 1. The summed E-state index contributed by atoms with van der Waals surface area (Å²) >= 11 is 17.7. The van der Waals surface area contributed by atoms with E-state index in [4.69, 9.17) is 39.5 Å². The Morgan fingerprint density at radius 3 is 2.18 bits per heavy atom. The molecule has 156 valence electrons. The SMILES string of the molecule is CC1CCCC(OC(=O)C(=C(c2cc(Cl)c(Cl)c(Cl)c2)C(F)(F)F)C(C)C)C1. The van der Waals surface area contributed by atoms with E-state index in [2.05, 4.69) is 0 Å². The van der Waals surface area contributed by atoms with Crippen molar-refractivity contribution < 1.29 is 22.7 Å². The minimum Gasteiger partial charge on any atom is -0.459 e. The highest BCUT2D eigenvalue weighted by atomic mass is 35.5. The Balaban J connectivity index is 2.54. The fraction of sp³-hybridized carbons (Fsp3) is 0.550. The van der Waals surface area contributed by atoms with Crippen molar-refractivity contribution in [2.75, 3.05) is 0 Å². The molecule has 0 heterocycles. The van der Waals surface area contributed by atoms with Crippen LogP contribution < -0.4 is 0 Å². The number of hydrogen-bond donors (Lipinski definition) is 0. The van der Waals surface area contributed by atoms with Gasteiger partial charge in [-0.15, -0.1) is 0 Å². The van der Waals surface area contributed by atoms with Gasteiger partial charge >= 0.3 is 12.1 Å². The fourth-order valence-corrected chi connectivity index (χ4v) is 4.09. The van der Waals surface area contributed by atoms with Crippen LogP contribution in [0.2, 0.25) is 15.1 Å². The highest BCUT2D eigenvalue weighted by Gasteiger charge is 2.41. The van der Waals surface area contributed by atoms with Crippen molar-refractivity contribution in [1.82, 2.24) is 0 Å². The van der Waals surface area contributed by atoms with Crippen LogP contribution in [0.25, 0.3) is 5.57 Å². The zero-order chi connectivity index (χ0) is 21.2. The minimum atomic E-state index is -4.81. The van der Waals surface area contributed by atoms with E-state index < -0.39 is 29.2 Å². The normalized spacial score (nSPS) is 21.5. The molecule has 2 rings (SSSR count). The number of hydrogen-bond acceptors (Lipinski definition) is 2. The maximum Gasteiger partial charge on any atom is 0.417 e. The molecule has 2 unspecified atom stereocenters. The van der Waals surface area contributed by atoms with Crippen LogP contribution in [0.4, 0.5) is 13.2 Å². The maximum atomic E-state index is 14.0. The Kier molecular flexibility index (Phi) is 7.74. The number of alkyl halides is 3. The van der Waals surface area contributed by atoms with Gasteiger partial charge in [0.1, 0.15) is 6.10 Å². The molecule has 2 atom stereocenters.